The molecule has 6 aliphatic carbocycles. The van der Waals surface area contributed by atoms with E-state index in [1.807, 2.05) is 51.1 Å². The Kier molecular flexibility index (Phi) is 27.2. The van der Waals surface area contributed by atoms with Crippen molar-refractivity contribution in [3.8, 4) is 89.0 Å². The minimum absolute atomic E-state index is 0.0621. The van der Waals surface area contributed by atoms with Crippen LogP contribution in [0.5, 0.6) is 0 Å². The molecule has 6 aliphatic rings. The Balaban J connectivity index is 0.000000133. The van der Waals surface area contributed by atoms with Gasteiger partial charge in [-0.2, -0.15) is 0 Å². The molecule has 0 heterocycles. The molecule has 4 nitrogen and oxygen atoms in total. The molecule has 0 saturated heterocycles. The summed E-state index contributed by atoms with van der Waals surface area (Å²) in [5.41, 5.74) is 42.7. The predicted molar refractivity (Wildman–Crippen MR) is 637 cm³/mol. The van der Waals surface area contributed by atoms with Gasteiger partial charge in [0.25, 0.3) is 0 Å². The lowest BCUT2D eigenvalue weighted by Crippen LogP contribution is -2.38. The highest BCUT2D eigenvalue weighted by molar-refractivity contribution is 5.91. The Morgan fingerprint density at radius 2 is 0.639 bits per heavy atom. The van der Waals surface area contributed by atoms with Crippen LogP contribution in [-0.4, -0.2) is 17.6 Å². The van der Waals surface area contributed by atoms with Gasteiger partial charge in [-0.1, -0.05) is 385 Å². The zero-order chi connectivity index (χ0) is 110. The third-order valence-corrected chi connectivity index (χ3v) is 32.4. The number of benzene rings is 16. The molecule has 0 bridgehead atoms. The van der Waals surface area contributed by atoms with Crippen LogP contribution < -0.4 is 20.0 Å². The van der Waals surface area contributed by atoms with Gasteiger partial charge < -0.3 is 20.0 Å². The van der Waals surface area contributed by atoms with Crippen LogP contribution in [0.3, 0.4) is 0 Å². The molecular weight excluding hydrogens is 1770 g/mol. The highest BCUT2D eigenvalue weighted by Crippen LogP contribution is 2.59. The summed E-state index contributed by atoms with van der Waals surface area (Å²) in [6.45, 7) is 51.3. The van der Waals surface area contributed by atoms with Crippen LogP contribution in [-0.2, 0) is 28.1 Å². The molecule has 0 aliphatic heterocycles. The molecule has 1 atom stereocenters. The third-order valence-electron chi connectivity index (χ3n) is 32.4. The first-order valence-electron chi connectivity index (χ1n) is 57.9. The molecule has 0 aromatic heterocycles. The maximum atomic E-state index is 9.99. The fourth-order valence-corrected chi connectivity index (χ4v) is 24.2. The lowest BCUT2D eigenvalue weighted by Gasteiger charge is -2.40. The van der Waals surface area contributed by atoms with Gasteiger partial charge in [-0.15, -0.1) is 0 Å². The van der Waals surface area contributed by atoms with E-state index in [9.17, 15) is 2.74 Å². The lowest BCUT2D eigenvalue weighted by molar-refractivity contribution is 0.224. The van der Waals surface area contributed by atoms with Crippen LogP contribution in [0.15, 0.2) is 358 Å². The largest absolute Gasteiger partial charge is 0.355 e. The van der Waals surface area contributed by atoms with E-state index < -0.39 is 24.5 Å². The minimum Gasteiger partial charge on any atom is -0.355 e. The van der Waals surface area contributed by atoms with Crippen molar-refractivity contribution in [1.29, 1.82) is 0 Å². The molecule has 0 radical (unpaired) electrons. The number of rotatable bonds is 18. The number of nitrogens with one attached hydrogen (secondary N) is 1. The summed E-state index contributed by atoms with van der Waals surface area (Å²) in [6, 6.07) is 128. The van der Waals surface area contributed by atoms with Gasteiger partial charge in [-0.25, -0.2) is 0 Å². The number of aryl methyl sites for hydroxylation is 2. The zero-order valence-electron chi connectivity index (χ0n) is 99.0. The Morgan fingerprint density at radius 1 is 0.320 bits per heavy atom. The predicted octanol–water partition coefficient (Wildman–Crippen LogP) is 41.2. The van der Waals surface area contributed by atoms with Gasteiger partial charge in [0.1, 0.15) is 0 Å². The summed E-state index contributed by atoms with van der Waals surface area (Å²) in [5.74, 6) is -2.08. The summed E-state index contributed by atoms with van der Waals surface area (Å²) >= 11 is 0. The molecule has 1 unspecified atom stereocenters. The summed E-state index contributed by atoms with van der Waals surface area (Å²) in [6.07, 6.45) is 8.55. The monoisotopic (exact) mass is 1940 g/mol. The SMILES string of the molecule is CCC.[2H]C(C)(C)c1cc2c(cc1N(c1cccc(-c3ccccc3)c1)C(C)(C)C)C(C)(C)c1ccccc1-2.[2H]C(C)c1cc2c(cc1N(c1cccc(-c3ccccc3)c1)C(C)C)C(C)(C)c1ccccc1-2.[2H]C([2H])([2H])c1cc2c(cc1N(c1cccc(-c3ccccc3)c1)C(C)C)C(C)(C)c1ccccc1-2.[2H]C1(c2cc(-c3ccccc3)ccc2Nc2cc3c(cc2C2([2H])CCC(C)(C)CC2)-c2ccccc2C3(C)C)CCC(C)(C)CC1. The fraction of sp³-hybridized carbons (Fsp3) is 0.329. The van der Waals surface area contributed by atoms with Crippen molar-refractivity contribution in [2.45, 2.75) is 294 Å². The average molecular weight is 1940 g/mol. The van der Waals surface area contributed by atoms with Crippen LogP contribution in [0, 0.1) is 17.7 Å². The summed E-state index contributed by atoms with van der Waals surface area (Å²) in [7, 11) is 0. The topological polar surface area (TPSA) is 21.8 Å². The molecule has 16 aromatic rings. The van der Waals surface area contributed by atoms with Crippen molar-refractivity contribution in [3.05, 3.63) is 430 Å². The lowest BCUT2D eigenvalue weighted by atomic mass is 9.70. The molecule has 4 heteroatoms. The normalized spacial score (nSPS) is 17.2. The maximum Gasteiger partial charge on any atom is 0.0454 e. The molecule has 2 fully saturated rings. The second-order valence-electron chi connectivity index (χ2n) is 47.4. The van der Waals surface area contributed by atoms with Gasteiger partial charge in [0.15, 0.2) is 0 Å². The quantitative estimate of drug-likeness (QED) is 0.0924. The summed E-state index contributed by atoms with van der Waals surface area (Å²) in [5, 5.41) is 3.96. The van der Waals surface area contributed by atoms with Crippen LogP contribution in [0.4, 0.5) is 45.5 Å². The van der Waals surface area contributed by atoms with Gasteiger partial charge in [0.2, 0.25) is 0 Å². The van der Waals surface area contributed by atoms with Crippen LogP contribution in [0.25, 0.3) is 89.0 Å². The smallest absolute Gasteiger partial charge is 0.0454 e. The van der Waals surface area contributed by atoms with E-state index in [2.05, 4.69) is 493 Å². The van der Waals surface area contributed by atoms with Gasteiger partial charge >= 0.3 is 0 Å². The molecule has 752 valence electrons. The van der Waals surface area contributed by atoms with E-state index in [1.165, 1.54) is 112 Å². The molecule has 16 aromatic carbocycles. The number of nitrogens with zero attached hydrogens (tertiary/aromatic N) is 3. The van der Waals surface area contributed by atoms with Gasteiger partial charge in [-0.05, 0) is 400 Å². The molecule has 147 heavy (non-hydrogen) atoms. The van der Waals surface area contributed by atoms with E-state index in [0.29, 0.717) is 5.56 Å². The van der Waals surface area contributed by atoms with Gasteiger partial charge in [0.05, 0.1) is 0 Å². The second kappa shape index (κ2) is 42.2. The van der Waals surface area contributed by atoms with E-state index in [0.717, 1.165) is 147 Å². The van der Waals surface area contributed by atoms with E-state index in [4.69, 9.17) is 6.85 Å². The van der Waals surface area contributed by atoms with Crippen molar-refractivity contribution in [1.82, 2.24) is 0 Å². The zero-order valence-corrected chi connectivity index (χ0v) is 92.0. The van der Waals surface area contributed by atoms with E-state index >= 15 is 0 Å². The molecule has 1 N–H and O–H groups in total. The Bertz CT molecular complexity index is 7740. The third kappa shape index (κ3) is 20.9. The number of hydrogen-bond acceptors (Lipinski definition) is 4. The average Bonchev–Trinajstić information content (AvgIpc) is 1.54. The van der Waals surface area contributed by atoms with Crippen molar-refractivity contribution in [2.75, 3.05) is 20.0 Å². The van der Waals surface area contributed by atoms with E-state index in [1.54, 1.807) is 0 Å². The Labute approximate surface area is 893 Å². The van der Waals surface area contributed by atoms with Crippen molar-refractivity contribution in [2.24, 2.45) is 10.8 Å². The Hall–Kier alpha value is -13.3. The van der Waals surface area contributed by atoms with Crippen molar-refractivity contribution < 1.29 is 9.60 Å². The second-order valence-corrected chi connectivity index (χ2v) is 47.4. The highest BCUT2D eigenvalue weighted by atomic mass is 15.2. The summed E-state index contributed by atoms with van der Waals surface area (Å²) < 4.78 is 63.2. The molecule has 0 spiro atoms. The molecule has 0 amide bonds. The maximum absolute atomic E-state index is 9.99. The van der Waals surface area contributed by atoms with Gasteiger partial charge in [0, 0.05) is 94.4 Å². The Morgan fingerprint density at radius 3 is 1.02 bits per heavy atom. The van der Waals surface area contributed by atoms with Crippen LogP contribution in [0.1, 0.15) is 324 Å². The molecular formula is C143H160N4. The van der Waals surface area contributed by atoms with Crippen LogP contribution >= 0.6 is 0 Å². The molecule has 2 saturated carbocycles. The van der Waals surface area contributed by atoms with Gasteiger partial charge in [-0.3, -0.25) is 0 Å². The van der Waals surface area contributed by atoms with Crippen molar-refractivity contribution >= 4 is 45.5 Å². The highest BCUT2D eigenvalue weighted by Gasteiger charge is 2.44. The first-order chi connectivity index (χ1) is 72.9. The number of fused-ring (bicyclic) bond motifs is 12. The van der Waals surface area contributed by atoms with E-state index in [-0.39, 0.29) is 56.5 Å². The first-order valence-corrected chi connectivity index (χ1v) is 54.3. The standard InChI is InChI=1S/C43H51N.C34H37N.C32H33N.C31H31N.C3H8/c1-41(2)22-18-30(19-23-41)34-26-32(29-12-8-7-9-13-29)16-17-39(34)44-40-28-38-36(33-14-10-11-15-37(33)43(38,5)6)27-35(40)31-20-24-42(3,4)25-21-31;1-23(2)28-21-29-27-18-11-12-19-30(27)34(6,7)31(29)22-32(28)35(33(3,4)5)26-17-13-16-25(20-26)24-14-9-8-10-15-24;1-6-23-20-28-27-17-10-11-18-29(27)32(4,5)30(28)21-31(23)33(22(2)3)26-16-12-15-25(19-26)24-13-8-7-9-14-24;1-21(2)32(25-15-11-14-24(19-25)23-12-7-6-8-13-23)30-20-29-27(18-22(30)3)26-16-9-10-17-28(26)31(29,4)5;1-3-2/h7-17,26-28,30-31,44H,18-25H2,1-6H3;8-23H,1-7H3;7-22H,6H2,1-5H3;6-21H,1-5H3;3H2,1-2H3/i30D,31D;23D;6D;3D3;. The van der Waals surface area contributed by atoms with Crippen LogP contribution in [0.2, 0.25) is 0 Å². The first kappa shape index (κ1) is 94.7. The number of hydrogen-bond donors (Lipinski definition) is 1. The molecule has 22 rings (SSSR count). The summed E-state index contributed by atoms with van der Waals surface area (Å²) in [4.78, 5) is 7.02. The number of anilines is 8. The minimum atomic E-state index is -2.24. The van der Waals surface area contributed by atoms with Crippen molar-refractivity contribution in [3.63, 3.8) is 0 Å². The fourth-order valence-electron chi connectivity index (χ4n) is 24.2.